The molecule has 3 aromatic rings. The Hall–Kier alpha value is -1.74. The number of aryl methyl sites for hydroxylation is 1. The van der Waals surface area contributed by atoms with Gasteiger partial charge in [0.1, 0.15) is 0 Å². The molecule has 0 bridgehead atoms. The molecular weight excluding hydrogens is 451 g/mol. The maximum atomic E-state index is 15.0. The van der Waals surface area contributed by atoms with Gasteiger partial charge in [0, 0.05) is 10.8 Å². The molecule has 4 rings (SSSR count). The molecule has 190 valence electrons. The third-order valence-electron chi connectivity index (χ3n) is 8.23. The molecule has 0 spiro atoms. The third-order valence-corrected chi connectivity index (χ3v) is 8.53. The van der Waals surface area contributed by atoms with Gasteiger partial charge in [0.05, 0.1) is 0 Å². The quantitative estimate of drug-likeness (QED) is 0.141. The lowest BCUT2D eigenvalue weighted by molar-refractivity contribution is 0.302. The lowest BCUT2D eigenvalue weighted by atomic mass is 9.76. The summed E-state index contributed by atoms with van der Waals surface area (Å²) >= 11 is 5.59. The Balaban J connectivity index is 1.35. The molecule has 0 atom stereocenters. The molecule has 0 aliphatic heterocycles. The van der Waals surface area contributed by atoms with Crippen molar-refractivity contribution in [3.8, 4) is 0 Å². The summed E-state index contributed by atoms with van der Waals surface area (Å²) in [5.41, 5.74) is 2.38. The molecule has 35 heavy (non-hydrogen) atoms. The summed E-state index contributed by atoms with van der Waals surface area (Å²) in [5, 5.41) is 2.78. The summed E-state index contributed by atoms with van der Waals surface area (Å²) in [7, 11) is 0. The van der Waals surface area contributed by atoms with Gasteiger partial charge in [0.25, 0.3) is 0 Å². The van der Waals surface area contributed by atoms with Gasteiger partial charge in [-0.1, -0.05) is 102 Å². The first-order valence-corrected chi connectivity index (χ1v) is 14.7. The van der Waals surface area contributed by atoms with E-state index in [0.717, 1.165) is 28.5 Å². The average Bonchev–Trinajstić information content (AvgIpc) is 2.88. The zero-order valence-corrected chi connectivity index (χ0v) is 22.7. The second kappa shape index (κ2) is 13.0. The number of hydrogen-bond acceptors (Lipinski definition) is 2. The number of hydrogen-bond donors (Lipinski definition) is 0. The fourth-order valence-electron chi connectivity index (χ4n) is 6.09. The minimum absolute atomic E-state index is 0.253. The topological polar surface area (TPSA) is 13.1 Å². The summed E-state index contributed by atoms with van der Waals surface area (Å²) in [4.78, 5) is 0. The van der Waals surface area contributed by atoms with E-state index < -0.39 is 0 Å². The number of benzene rings is 2. The third kappa shape index (κ3) is 6.53. The fourth-order valence-corrected chi connectivity index (χ4v) is 6.34. The summed E-state index contributed by atoms with van der Waals surface area (Å²) in [6, 6.07) is 10.5. The van der Waals surface area contributed by atoms with E-state index in [-0.39, 0.29) is 5.82 Å². The molecule has 1 saturated carbocycles. The van der Waals surface area contributed by atoms with Gasteiger partial charge in [0.2, 0.25) is 0 Å². The summed E-state index contributed by atoms with van der Waals surface area (Å²) in [6.07, 6.45) is 19.5. The van der Waals surface area contributed by atoms with E-state index in [1.54, 1.807) is 0 Å². The van der Waals surface area contributed by atoms with Crippen LogP contribution in [0.25, 0.3) is 21.7 Å². The summed E-state index contributed by atoms with van der Waals surface area (Å²) in [5.74, 6) is 1.25. The molecule has 3 heteroatoms. The lowest BCUT2D eigenvalue weighted by Gasteiger charge is -2.29. The number of fused-ring (bicyclic) bond motifs is 3. The molecule has 0 saturated heterocycles. The van der Waals surface area contributed by atoms with Crippen molar-refractivity contribution in [1.82, 2.24) is 0 Å². The minimum Gasteiger partial charge on any atom is -0.441 e. The van der Waals surface area contributed by atoms with Crippen LogP contribution in [-0.2, 0) is 6.42 Å². The minimum atomic E-state index is -0.253. The van der Waals surface area contributed by atoms with Gasteiger partial charge in [-0.2, -0.15) is 0 Å². The fraction of sp³-hybridized carbons (Fsp3) is 0.594. The van der Waals surface area contributed by atoms with Crippen LogP contribution in [0.5, 0.6) is 0 Å². The molecule has 1 aromatic heterocycles. The maximum Gasteiger partial charge on any atom is 0.198 e. The van der Waals surface area contributed by atoms with Crippen molar-refractivity contribution >= 4 is 34.0 Å². The Morgan fingerprint density at radius 2 is 1.49 bits per heavy atom. The Kier molecular flexibility index (Phi) is 9.77. The van der Waals surface area contributed by atoms with Crippen molar-refractivity contribution < 1.29 is 8.81 Å². The number of unbranched alkanes of at least 4 members (excludes halogenated alkanes) is 7. The van der Waals surface area contributed by atoms with Crippen molar-refractivity contribution in [2.75, 3.05) is 0 Å². The molecule has 0 radical (unpaired) electrons. The highest BCUT2D eigenvalue weighted by Gasteiger charge is 2.23. The number of rotatable bonds is 12. The van der Waals surface area contributed by atoms with Gasteiger partial charge in [0.15, 0.2) is 16.1 Å². The van der Waals surface area contributed by atoms with Gasteiger partial charge < -0.3 is 4.42 Å². The molecule has 2 aromatic carbocycles. The van der Waals surface area contributed by atoms with Crippen LogP contribution in [0, 0.1) is 16.4 Å². The highest BCUT2D eigenvalue weighted by atomic mass is 32.1. The van der Waals surface area contributed by atoms with Crippen molar-refractivity contribution in [2.45, 2.75) is 116 Å². The van der Waals surface area contributed by atoms with E-state index in [2.05, 4.69) is 32.0 Å². The summed E-state index contributed by atoms with van der Waals surface area (Å²) in [6.45, 7) is 4.35. The second-order valence-corrected chi connectivity index (χ2v) is 11.2. The van der Waals surface area contributed by atoms with Crippen molar-refractivity contribution in [1.29, 1.82) is 0 Å². The zero-order valence-electron chi connectivity index (χ0n) is 21.8. The molecular formula is C32H43FOS. The standard InChI is InChI=1S/C32H43FOS/c1-3-5-6-7-8-9-10-11-13-23-14-16-24(17-15-23)26-19-20-27-28-21-18-25(12-4-2)30(33)31(28)34-32(35)29(27)22-26/h18-24H,3-17H2,1-2H3. The largest absolute Gasteiger partial charge is 0.441 e. The lowest BCUT2D eigenvalue weighted by Crippen LogP contribution is -2.13. The Morgan fingerprint density at radius 3 is 2.20 bits per heavy atom. The van der Waals surface area contributed by atoms with Gasteiger partial charge in [-0.15, -0.1) is 0 Å². The van der Waals surface area contributed by atoms with Crippen molar-refractivity contribution in [2.24, 2.45) is 5.92 Å². The van der Waals surface area contributed by atoms with E-state index in [9.17, 15) is 0 Å². The first-order chi connectivity index (χ1) is 17.1. The Morgan fingerprint density at radius 1 is 0.800 bits per heavy atom. The molecule has 1 nitrogen and oxygen atoms in total. The normalized spacial score (nSPS) is 18.5. The number of halogens is 1. The van der Waals surface area contributed by atoms with Gasteiger partial charge in [-0.25, -0.2) is 4.39 Å². The van der Waals surface area contributed by atoms with E-state index >= 15 is 4.39 Å². The predicted molar refractivity (Wildman–Crippen MR) is 150 cm³/mol. The molecule has 1 aliphatic carbocycles. The molecule has 0 N–H and O–H groups in total. The van der Waals surface area contributed by atoms with Gasteiger partial charge in [-0.05, 0) is 78.7 Å². The van der Waals surface area contributed by atoms with Gasteiger partial charge >= 0.3 is 0 Å². The van der Waals surface area contributed by atoms with E-state index in [1.165, 1.54) is 89.0 Å². The van der Waals surface area contributed by atoms with Crippen LogP contribution in [0.2, 0.25) is 0 Å². The SMILES string of the molecule is CCCCCCCCCCC1CCC(c2ccc3c(c2)c(=S)oc2c(F)c(CCC)ccc23)CC1. The predicted octanol–water partition coefficient (Wildman–Crippen LogP) is 11.2. The van der Waals surface area contributed by atoms with Crippen LogP contribution >= 0.6 is 12.2 Å². The monoisotopic (exact) mass is 494 g/mol. The van der Waals surface area contributed by atoms with Gasteiger partial charge in [-0.3, -0.25) is 0 Å². The van der Waals surface area contributed by atoms with E-state index in [1.807, 2.05) is 12.1 Å². The van der Waals surface area contributed by atoms with Crippen LogP contribution in [0.15, 0.2) is 34.7 Å². The van der Waals surface area contributed by atoms with Crippen LogP contribution in [-0.4, -0.2) is 0 Å². The van der Waals surface area contributed by atoms with Crippen LogP contribution in [0.1, 0.15) is 121 Å². The molecule has 1 fully saturated rings. The van der Waals surface area contributed by atoms with E-state index in [4.69, 9.17) is 16.6 Å². The van der Waals surface area contributed by atoms with Crippen LogP contribution in [0.3, 0.4) is 0 Å². The van der Waals surface area contributed by atoms with Crippen LogP contribution in [0.4, 0.5) is 4.39 Å². The molecule has 0 unspecified atom stereocenters. The first kappa shape index (κ1) is 26.3. The molecule has 1 heterocycles. The average molecular weight is 495 g/mol. The molecule has 0 amide bonds. The highest BCUT2D eigenvalue weighted by Crippen LogP contribution is 2.40. The van der Waals surface area contributed by atoms with Crippen molar-refractivity contribution in [3.05, 3.63) is 52.0 Å². The summed E-state index contributed by atoms with van der Waals surface area (Å²) < 4.78 is 21.3. The second-order valence-electron chi connectivity index (χ2n) is 10.8. The van der Waals surface area contributed by atoms with Crippen molar-refractivity contribution in [3.63, 3.8) is 0 Å². The Bertz CT molecular complexity index is 1160. The highest BCUT2D eigenvalue weighted by molar-refractivity contribution is 7.71. The smallest absolute Gasteiger partial charge is 0.198 e. The zero-order chi connectivity index (χ0) is 24.6. The van der Waals surface area contributed by atoms with Crippen LogP contribution < -0.4 is 0 Å². The maximum absolute atomic E-state index is 15.0. The van der Waals surface area contributed by atoms with E-state index in [0.29, 0.717) is 28.2 Å². The first-order valence-electron chi connectivity index (χ1n) is 14.3. The Labute approximate surface area is 216 Å². The molecule has 1 aliphatic rings.